The number of nitrogens with one attached hydrogen (secondary N) is 2. The Morgan fingerprint density at radius 2 is 2.00 bits per heavy atom. The Labute approximate surface area is 111 Å². The first-order chi connectivity index (χ1) is 8.79. The lowest BCUT2D eigenvalue weighted by molar-refractivity contribution is 1.14. The minimum atomic E-state index is 0.650. The molecule has 0 bridgehead atoms. The summed E-state index contributed by atoms with van der Waals surface area (Å²) in [4.78, 5) is 8.24. The summed E-state index contributed by atoms with van der Waals surface area (Å²) in [6.45, 7) is 4.29. The maximum absolute atomic E-state index is 6.06. The molecule has 0 amide bonds. The second kappa shape index (κ2) is 6.02. The van der Waals surface area contributed by atoms with Crippen LogP contribution in [0.1, 0.15) is 0 Å². The molecule has 1 aromatic heterocycles. The molecule has 0 saturated carbocycles. The van der Waals surface area contributed by atoms with Gasteiger partial charge in [0.2, 0.25) is 0 Å². The van der Waals surface area contributed by atoms with Gasteiger partial charge < -0.3 is 10.6 Å². The summed E-state index contributed by atoms with van der Waals surface area (Å²) in [5, 5.41) is 6.88. The third kappa shape index (κ3) is 3.21. The van der Waals surface area contributed by atoms with Gasteiger partial charge in [0.25, 0.3) is 0 Å². The lowest BCUT2D eigenvalue weighted by atomic mass is 10.3. The highest BCUT2D eigenvalue weighted by Gasteiger charge is 2.01. The molecular formula is C13H13ClN4. The van der Waals surface area contributed by atoms with Crippen molar-refractivity contribution < 1.29 is 0 Å². The molecule has 1 heterocycles. The highest BCUT2D eigenvalue weighted by atomic mass is 35.5. The number of nitrogens with zero attached hydrogens (tertiary/aromatic N) is 2. The zero-order valence-electron chi connectivity index (χ0n) is 9.73. The number of rotatable bonds is 5. The van der Waals surface area contributed by atoms with Gasteiger partial charge in [0, 0.05) is 12.6 Å². The molecule has 0 unspecified atom stereocenters. The van der Waals surface area contributed by atoms with E-state index in [1.165, 1.54) is 6.33 Å². The Morgan fingerprint density at radius 1 is 1.22 bits per heavy atom. The van der Waals surface area contributed by atoms with Crippen LogP contribution in [0.15, 0.2) is 49.3 Å². The predicted molar refractivity (Wildman–Crippen MR) is 75.5 cm³/mol. The average molecular weight is 261 g/mol. The highest BCUT2D eigenvalue weighted by Crippen LogP contribution is 2.24. The first kappa shape index (κ1) is 12.4. The predicted octanol–water partition coefficient (Wildman–Crippen LogP) is 3.47. The largest absolute Gasteiger partial charge is 0.366 e. The van der Waals surface area contributed by atoms with Gasteiger partial charge in [0.05, 0.1) is 10.7 Å². The zero-order chi connectivity index (χ0) is 12.8. The fourth-order valence-electron chi connectivity index (χ4n) is 1.40. The Hall–Kier alpha value is -2.07. The number of aromatic nitrogens is 2. The summed E-state index contributed by atoms with van der Waals surface area (Å²) in [5.41, 5.74) is 0.813. The zero-order valence-corrected chi connectivity index (χ0v) is 10.5. The molecule has 0 fully saturated rings. The Bertz CT molecular complexity index is 542. The molecule has 4 nitrogen and oxygen atoms in total. The minimum absolute atomic E-state index is 0.650. The van der Waals surface area contributed by atoms with E-state index in [0.717, 1.165) is 11.5 Å². The molecule has 2 N–H and O–H groups in total. The van der Waals surface area contributed by atoms with Crippen LogP contribution in [-0.2, 0) is 0 Å². The van der Waals surface area contributed by atoms with Crippen LogP contribution in [0.3, 0.4) is 0 Å². The van der Waals surface area contributed by atoms with Gasteiger partial charge in [-0.15, -0.1) is 6.58 Å². The molecule has 2 aromatic rings. The maximum atomic E-state index is 6.06. The Balaban J connectivity index is 2.14. The van der Waals surface area contributed by atoms with Crippen LogP contribution in [0, 0.1) is 0 Å². The van der Waals surface area contributed by atoms with Gasteiger partial charge >= 0.3 is 0 Å². The van der Waals surface area contributed by atoms with Crippen LogP contribution in [0.25, 0.3) is 0 Å². The van der Waals surface area contributed by atoms with Crippen molar-refractivity contribution in [3.63, 3.8) is 0 Å². The fraction of sp³-hybridized carbons (Fsp3) is 0.0769. The fourth-order valence-corrected chi connectivity index (χ4v) is 1.58. The second-order valence-electron chi connectivity index (χ2n) is 3.56. The van der Waals surface area contributed by atoms with Gasteiger partial charge in [-0.2, -0.15) is 0 Å². The normalized spacial score (nSPS) is 9.83. The molecular weight excluding hydrogens is 248 g/mol. The molecule has 0 atom stereocenters. The van der Waals surface area contributed by atoms with Gasteiger partial charge in [-0.05, 0) is 12.1 Å². The summed E-state index contributed by atoms with van der Waals surface area (Å²) in [5.74, 6) is 1.42. The van der Waals surface area contributed by atoms with E-state index in [4.69, 9.17) is 11.6 Å². The summed E-state index contributed by atoms with van der Waals surface area (Å²) in [7, 11) is 0. The molecule has 1 aromatic carbocycles. The smallest absolute Gasteiger partial charge is 0.135 e. The molecule has 92 valence electrons. The highest BCUT2D eigenvalue weighted by molar-refractivity contribution is 6.33. The number of hydrogen-bond donors (Lipinski definition) is 2. The van der Waals surface area contributed by atoms with Gasteiger partial charge in [-0.25, -0.2) is 9.97 Å². The van der Waals surface area contributed by atoms with Crippen molar-refractivity contribution in [1.82, 2.24) is 9.97 Å². The van der Waals surface area contributed by atoms with Crippen LogP contribution in [0.2, 0.25) is 5.02 Å². The van der Waals surface area contributed by atoms with E-state index >= 15 is 0 Å². The third-order valence-electron chi connectivity index (χ3n) is 2.23. The van der Waals surface area contributed by atoms with Crippen molar-refractivity contribution in [2.45, 2.75) is 0 Å². The molecule has 2 rings (SSSR count). The van der Waals surface area contributed by atoms with Gasteiger partial charge in [-0.3, -0.25) is 0 Å². The number of para-hydroxylation sites is 1. The van der Waals surface area contributed by atoms with E-state index in [1.807, 2.05) is 30.3 Å². The average Bonchev–Trinajstić information content (AvgIpc) is 2.40. The van der Waals surface area contributed by atoms with Crippen LogP contribution >= 0.6 is 11.6 Å². The number of hydrogen-bond acceptors (Lipinski definition) is 4. The quantitative estimate of drug-likeness (QED) is 0.809. The van der Waals surface area contributed by atoms with E-state index in [0.29, 0.717) is 17.4 Å². The molecule has 0 spiro atoms. The molecule has 5 heteroatoms. The van der Waals surface area contributed by atoms with Crippen LogP contribution < -0.4 is 10.6 Å². The first-order valence-electron chi connectivity index (χ1n) is 5.48. The van der Waals surface area contributed by atoms with E-state index < -0.39 is 0 Å². The van der Waals surface area contributed by atoms with Crippen LogP contribution in [0.4, 0.5) is 17.3 Å². The Morgan fingerprint density at radius 3 is 2.78 bits per heavy atom. The molecule has 0 aliphatic rings. The summed E-state index contributed by atoms with van der Waals surface area (Å²) >= 11 is 6.06. The standard InChI is InChI=1S/C13H13ClN4/c1-2-7-15-12-8-13(17-9-16-12)18-11-6-4-3-5-10(11)14/h2-6,8-9H,1,7H2,(H2,15,16,17,18). The van der Waals surface area contributed by atoms with Crippen molar-refractivity contribution in [1.29, 1.82) is 0 Å². The van der Waals surface area contributed by atoms with Crippen molar-refractivity contribution in [2.75, 3.05) is 17.2 Å². The molecule has 0 radical (unpaired) electrons. The maximum Gasteiger partial charge on any atom is 0.135 e. The minimum Gasteiger partial charge on any atom is -0.366 e. The van der Waals surface area contributed by atoms with E-state index in [2.05, 4.69) is 27.2 Å². The van der Waals surface area contributed by atoms with E-state index in [9.17, 15) is 0 Å². The number of benzene rings is 1. The third-order valence-corrected chi connectivity index (χ3v) is 2.56. The topological polar surface area (TPSA) is 49.8 Å². The van der Waals surface area contributed by atoms with Gasteiger partial charge in [-0.1, -0.05) is 29.8 Å². The van der Waals surface area contributed by atoms with Crippen LogP contribution in [-0.4, -0.2) is 16.5 Å². The van der Waals surface area contributed by atoms with E-state index in [-0.39, 0.29) is 0 Å². The number of anilines is 3. The lowest BCUT2D eigenvalue weighted by Crippen LogP contribution is -2.02. The number of halogens is 1. The monoisotopic (exact) mass is 260 g/mol. The summed E-state index contributed by atoms with van der Waals surface area (Å²) in [6, 6.07) is 9.31. The Kier molecular flexibility index (Phi) is 4.15. The summed E-state index contributed by atoms with van der Waals surface area (Å²) < 4.78 is 0. The molecule has 18 heavy (non-hydrogen) atoms. The van der Waals surface area contributed by atoms with Crippen molar-refractivity contribution in [2.24, 2.45) is 0 Å². The molecule has 0 saturated heterocycles. The lowest BCUT2D eigenvalue weighted by Gasteiger charge is -2.08. The van der Waals surface area contributed by atoms with Crippen molar-refractivity contribution in [3.05, 3.63) is 54.3 Å². The first-order valence-corrected chi connectivity index (χ1v) is 5.86. The molecule has 0 aliphatic carbocycles. The second-order valence-corrected chi connectivity index (χ2v) is 3.97. The SMILES string of the molecule is C=CCNc1cc(Nc2ccccc2Cl)ncn1. The van der Waals surface area contributed by atoms with E-state index in [1.54, 1.807) is 6.08 Å². The molecule has 0 aliphatic heterocycles. The summed E-state index contributed by atoms with van der Waals surface area (Å²) in [6.07, 6.45) is 3.26. The van der Waals surface area contributed by atoms with Gasteiger partial charge in [0.1, 0.15) is 18.0 Å². The van der Waals surface area contributed by atoms with Gasteiger partial charge in [0.15, 0.2) is 0 Å². The van der Waals surface area contributed by atoms with Crippen molar-refractivity contribution in [3.8, 4) is 0 Å². The van der Waals surface area contributed by atoms with Crippen molar-refractivity contribution >= 4 is 28.9 Å². The van der Waals surface area contributed by atoms with Crippen LogP contribution in [0.5, 0.6) is 0 Å².